The molecule has 3 aromatic rings. The summed E-state index contributed by atoms with van der Waals surface area (Å²) in [4.78, 5) is 31.2. The number of aromatic nitrogens is 1. The Morgan fingerprint density at radius 3 is 2.46 bits per heavy atom. The van der Waals surface area contributed by atoms with Crippen LogP contribution in [0.2, 0.25) is 19.6 Å². The van der Waals surface area contributed by atoms with Gasteiger partial charge in [0.2, 0.25) is 0 Å². The van der Waals surface area contributed by atoms with Gasteiger partial charge in [-0.3, -0.25) is 4.79 Å². The maximum absolute atomic E-state index is 13.9. The predicted molar refractivity (Wildman–Crippen MR) is 144 cm³/mol. The summed E-state index contributed by atoms with van der Waals surface area (Å²) in [5.74, 6) is 1.35. The second-order valence-corrected chi connectivity index (χ2v) is 16.3. The smallest absolute Gasteiger partial charge is 0.417 e. The van der Waals surface area contributed by atoms with Gasteiger partial charge in [-0.1, -0.05) is 57.6 Å². The lowest BCUT2D eigenvalue weighted by molar-refractivity contribution is -0.153. The Bertz CT molecular complexity index is 1470. The highest BCUT2D eigenvalue weighted by molar-refractivity contribution is 9.10. The third-order valence-corrected chi connectivity index (χ3v) is 8.11. The van der Waals surface area contributed by atoms with Gasteiger partial charge in [0.1, 0.15) is 14.1 Å². The lowest BCUT2D eigenvalue weighted by Crippen LogP contribution is -2.51. The van der Waals surface area contributed by atoms with E-state index in [1.807, 2.05) is 37.8 Å². The number of carbonyl (C=O) groups is 2. The molecule has 0 saturated carbocycles. The summed E-state index contributed by atoms with van der Waals surface area (Å²) in [5, 5.41) is 0.803. The van der Waals surface area contributed by atoms with E-state index in [9.17, 15) is 22.8 Å². The Balaban J connectivity index is 2.03. The van der Waals surface area contributed by atoms with Crippen molar-refractivity contribution in [2.75, 3.05) is 7.11 Å². The number of benzene rings is 2. The van der Waals surface area contributed by atoms with Crippen LogP contribution in [0.4, 0.5) is 13.2 Å². The van der Waals surface area contributed by atoms with Crippen LogP contribution in [0.3, 0.4) is 0 Å². The minimum Gasteiger partial charge on any atom is -0.467 e. The average molecular weight is 656 g/mol. The van der Waals surface area contributed by atoms with Gasteiger partial charge in [0.25, 0.3) is 5.91 Å². The third kappa shape index (κ3) is 5.51. The highest BCUT2D eigenvalue weighted by Gasteiger charge is 2.45. The van der Waals surface area contributed by atoms with Crippen molar-refractivity contribution in [3.8, 4) is 11.5 Å². The lowest BCUT2D eigenvalue weighted by Gasteiger charge is -2.40. The van der Waals surface area contributed by atoms with Gasteiger partial charge in [-0.25, -0.2) is 4.79 Å². The molecule has 37 heavy (non-hydrogen) atoms. The number of alkyl halides is 3. The van der Waals surface area contributed by atoms with Crippen molar-refractivity contribution in [1.82, 2.24) is 9.88 Å². The SMILES string of the molecule is COC(=O)C1Cc2c([nH]c3ccc(Br)cc23)C(c2ccc(Br)c(C(F)(F)F)c2)N1C(=O)C#C[Si](C)(C)C. The van der Waals surface area contributed by atoms with E-state index in [1.54, 1.807) is 0 Å². The fourth-order valence-corrected chi connectivity index (χ4v) is 5.77. The maximum Gasteiger partial charge on any atom is 0.417 e. The standard InChI is InChI=1S/C26H23Br2F3N2O3Si/c1-36-25(35)21-13-17-16-12-15(27)6-8-20(16)32-23(17)24(33(21)22(34)9-10-37(2,3)4)14-5-7-19(28)18(11-14)26(29,30)31/h5-8,11-12,21,24,32H,13H2,1-4H3. The zero-order valence-electron chi connectivity index (χ0n) is 20.4. The van der Waals surface area contributed by atoms with Crippen LogP contribution < -0.4 is 0 Å². The molecule has 5 nitrogen and oxygen atoms in total. The van der Waals surface area contributed by atoms with Crippen molar-refractivity contribution < 1.29 is 27.5 Å². The Hall–Kier alpha value is -2.55. The van der Waals surface area contributed by atoms with Crippen LogP contribution in [0.15, 0.2) is 45.3 Å². The van der Waals surface area contributed by atoms with Crippen molar-refractivity contribution in [3.63, 3.8) is 0 Å². The molecule has 4 rings (SSSR count). The Morgan fingerprint density at radius 2 is 1.84 bits per heavy atom. The van der Waals surface area contributed by atoms with Crippen LogP contribution >= 0.6 is 31.9 Å². The van der Waals surface area contributed by atoms with Crippen molar-refractivity contribution in [1.29, 1.82) is 0 Å². The highest BCUT2D eigenvalue weighted by Crippen LogP contribution is 2.44. The zero-order chi connectivity index (χ0) is 27.3. The average Bonchev–Trinajstić information content (AvgIpc) is 3.17. The second kappa shape index (κ2) is 9.96. The summed E-state index contributed by atoms with van der Waals surface area (Å²) in [6.07, 6.45) is -4.51. The number of carbonyl (C=O) groups excluding carboxylic acids is 2. The molecule has 1 aromatic heterocycles. The molecule has 1 aliphatic heterocycles. The first kappa shape index (κ1) is 27.5. The van der Waals surface area contributed by atoms with Crippen LogP contribution in [-0.4, -0.2) is 43.0 Å². The molecule has 1 amide bonds. The highest BCUT2D eigenvalue weighted by atomic mass is 79.9. The van der Waals surface area contributed by atoms with Gasteiger partial charge < -0.3 is 14.6 Å². The number of methoxy groups -OCH3 is 1. The van der Waals surface area contributed by atoms with Crippen LogP contribution in [0.1, 0.15) is 28.4 Å². The van der Waals surface area contributed by atoms with Crippen LogP contribution in [0, 0.1) is 11.5 Å². The quantitative estimate of drug-likeness (QED) is 0.192. The van der Waals surface area contributed by atoms with Crippen LogP contribution in [-0.2, 0) is 26.9 Å². The number of hydrogen-bond donors (Lipinski definition) is 1. The number of hydrogen-bond acceptors (Lipinski definition) is 3. The summed E-state index contributed by atoms with van der Waals surface area (Å²) in [7, 11) is -0.762. The van der Waals surface area contributed by atoms with Gasteiger partial charge in [-0.05, 0) is 47.4 Å². The molecule has 0 fully saturated rings. The van der Waals surface area contributed by atoms with Gasteiger partial charge in [-0.15, -0.1) is 5.54 Å². The number of halogens is 5. The Labute approximate surface area is 230 Å². The monoisotopic (exact) mass is 654 g/mol. The molecule has 0 aliphatic carbocycles. The summed E-state index contributed by atoms with van der Waals surface area (Å²) in [5.41, 5.74) is 4.32. The molecule has 1 aliphatic rings. The molecule has 0 saturated heterocycles. The summed E-state index contributed by atoms with van der Waals surface area (Å²) in [6, 6.07) is 7.25. The van der Waals surface area contributed by atoms with Gasteiger partial charge in [0.05, 0.1) is 18.7 Å². The summed E-state index contributed by atoms with van der Waals surface area (Å²) in [6.45, 7) is 5.91. The van der Waals surface area contributed by atoms with Crippen molar-refractivity contribution >= 4 is 62.7 Å². The van der Waals surface area contributed by atoms with Crippen LogP contribution in [0.5, 0.6) is 0 Å². The first-order valence-electron chi connectivity index (χ1n) is 11.3. The predicted octanol–water partition coefficient (Wildman–Crippen LogP) is 6.61. The second-order valence-electron chi connectivity index (χ2n) is 9.80. The number of fused-ring (bicyclic) bond motifs is 3. The number of rotatable bonds is 2. The largest absolute Gasteiger partial charge is 0.467 e. The molecule has 2 heterocycles. The van der Waals surface area contributed by atoms with Gasteiger partial charge >= 0.3 is 12.1 Å². The molecule has 11 heteroatoms. The van der Waals surface area contributed by atoms with E-state index in [2.05, 4.69) is 48.3 Å². The number of amides is 1. The molecule has 0 bridgehead atoms. The molecule has 1 N–H and O–H groups in total. The molecule has 2 unspecified atom stereocenters. The molecular formula is C26H23Br2F3N2O3Si. The van der Waals surface area contributed by atoms with E-state index in [-0.39, 0.29) is 16.5 Å². The summed E-state index contributed by atoms with van der Waals surface area (Å²) >= 11 is 6.45. The Morgan fingerprint density at radius 1 is 1.14 bits per heavy atom. The third-order valence-electron chi connectivity index (χ3n) is 6.05. The normalized spacial score (nSPS) is 17.7. The minimum absolute atomic E-state index is 0.123. The van der Waals surface area contributed by atoms with E-state index in [0.717, 1.165) is 27.0 Å². The first-order chi connectivity index (χ1) is 17.2. The van der Waals surface area contributed by atoms with Gasteiger partial charge in [0, 0.05) is 32.0 Å². The number of nitrogens with one attached hydrogen (secondary N) is 1. The van der Waals surface area contributed by atoms with E-state index in [0.29, 0.717) is 5.69 Å². The number of H-pyrrole nitrogens is 1. The molecular weight excluding hydrogens is 633 g/mol. The number of esters is 1. The molecule has 0 radical (unpaired) electrons. The first-order valence-corrected chi connectivity index (χ1v) is 16.4. The topological polar surface area (TPSA) is 62.4 Å². The van der Waals surface area contributed by atoms with E-state index >= 15 is 0 Å². The fraction of sp³-hybridized carbons (Fsp3) is 0.308. The van der Waals surface area contributed by atoms with E-state index in [4.69, 9.17) is 4.74 Å². The van der Waals surface area contributed by atoms with Crippen molar-refractivity contribution in [3.05, 3.63) is 67.7 Å². The zero-order valence-corrected chi connectivity index (χ0v) is 24.6. The number of aromatic amines is 1. The van der Waals surface area contributed by atoms with Gasteiger partial charge in [0.15, 0.2) is 0 Å². The molecule has 194 valence electrons. The fourth-order valence-electron chi connectivity index (χ4n) is 4.46. The summed E-state index contributed by atoms with van der Waals surface area (Å²) < 4.78 is 47.3. The van der Waals surface area contributed by atoms with E-state index in [1.165, 1.54) is 24.1 Å². The Kier molecular flexibility index (Phi) is 7.40. The maximum atomic E-state index is 13.9. The molecule has 0 spiro atoms. The van der Waals surface area contributed by atoms with Crippen molar-refractivity contribution in [2.24, 2.45) is 0 Å². The number of ether oxygens (including phenoxy) is 1. The minimum atomic E-state index is -4.63. The van der Waals surface area contributed by atoms with Crippen molar-refractivity contribution in [2.45, 2.75) is 44.3 Å². The van der Waals surface area contributed by atoms with E-state index < -0.39 is 43.8 Å². The molecule has 2 atom stereocenters. The number of nitrogens with zero attached hydrogens (tertiary/aromatic N) is 1. The van der Waals surface area contributed by atoms with Crippen LogP contribution in [0.25, 0.3) is 10.9 Å². The van der Waals surface area contributed by atoms with Gasteiger partial charge in [-0.2, -0.15) is 13.2 Å². The lowest BCUT2D eigenvalue weighted by atomic mass is 9.87. The molecule has 2 aromatic carbocycles.